The minimum atomic E-state index is -0.412. The van der Waals surface area contributed by atoms with Crippen LogP contribution < -0.4 is 5.73 Å². The number of benzene rings is 1. The van der Waals surface area contributed by atoms with Crippen molar-refractivity contribution in [2.24, 2.45) is 0 Å². The van der Waals surface area contributed by atoms with Gasteiger partial charge in [0.2, 0.25) is 0 Å². The number of nitrogens with two attached hydrogens (primary N) is 1. The molecule has 0 heterocycles. The number of nitro benzene ring substituents is 1. The van der Waals surface area contributed by atoms with Gasteiger partial charge >= 0.3 is 0 Å². The highest BCUT2D eigenvalue weighted by Crippen LogP contribution is 2.26. The zero-order valence-electron chi connectivity index (χ0n) is 10.5. The van der Waals surface area contributed by atoms with Crippen molar-refractivity contribution < 1.29 is 4.92 Å². The number of nitrogens with zero attached hydrogens (tertiary/aromatic N) is 1. The first-order chi connectivity index (χ1) is 8.06. The Labute approximate surface area is 102 Å². The molecule has 0 atom stereocenters. The monoisotopic (exact) mass is 236 g/mol. The molecule has 4 nitrogen and oxygen atoms in total. The van der Waals surface area contributed by atoms with E-state index < -0.39 is 4.92 Å². The van der Waals surface area contributed by atoms with Gasteiger partial charge in [-0.25, -0.2) is 0 Å². The number of nitro groups is 1. The molecule has 2 N–H and O–H groups in total. The van der Waals surface area contributed by atoms with E-state index >= 15 is 0 Å². The molecule has 0 spiro atoms. The van der Waals surface area contributed by atoms with E-state index in [0.29, 0.717) is 0 Å². The van der Waals surface area contributed by atoms with Crippen molar-refractivity contribution >= 4 is 11.4 Å². The second kappa shape index (κ2) is 6.23. The lowest BCUT2D eigenvalue weighted by atomic mass is 10.0. The third-order valence-electron chi connectivity index (χ3n) is 2.98. The van der Waals surface area contributed by atoms with Crippen LogP contribution in [0.2, 0.25) is 0 Å². The number of hydrogen-bond acceptors (Lipinski definition) is 3. The first kappa shape index (κ1) is 13.5. The van der Waals surface area contributed by atoms with E-state index in [1.54, 1.807) is 12.1 Å². The van der Waals surface area contributed by atoms with E-state index in [4.69, 9.17) is 5.73 Å². The SMILES string of the molecule is CCCCCCc1cc([N+](=O)[O-])c(N)cc1C. The summed E-state index contributed by atoms with van der Waals surface area (Å²) < 4.78 is 0. The predicted octanol–water partition coefficient (Wildman–Crippen LogP) is 3.61. The van der Waals surface area contributed by atoms with E-state index in [1.807, 2.05) is 6.92 Å². The zero-order chi connectivity index (χ0) is 12.8. The zero-order valence-corrected chi connectivity index (χ0v) is 10.5. The Hall–Kier alpha value is -1.58. The molecular formula is C13H20N2O2. The number of anilines is 1. The molecule has 0 fully saturated rings. The summed E-state index contributed by atoms with van der Waals surface area (Å²) in [7, 11) is 0. The molecule has 0 aliphatic heterocycles. The molecule has 0 aliphatic rings. The van der Waals surface area contributed by atoms with Crippen LogP contribution in [-0.4, -0.2) is 4.92 Å². The fourth-order valence-electron chi connectivity index (χ4n) is 1.93. The molecule has 0 aromatic heterocycles. The molecule has 0 radical (unpaired) electrons. The predicted molar refractivity (Wildman–Crippen MR) is 70.1 cm³/mol. The molecule has 1 aromatic carbocycles. The number of nitrogen functional groups attached to an aromatic ring is 1. The van der Waals surface area contributed by atoms with Gasteiger partial charge in [0.05, 0.1) is 4.92 Å². The van der Waals surface area contributed by atoms with Crippen LogP contribution >= 0.6 is 0 Å². The van der Waals surface area contributed by atoms with Crippen LogP contribution in [0.15, 0.2) is 12.1 Å². The molecular weight excluding hydrogens is 216 g/mol. The molecule has 0 saturated heterocycles. The smallest absolute Gasteiger partial charge is 0.292 e. The van der Waals surface area contributed by atoms with Crippen molar-refractivity contribution in [2.45, 2.75) is 46.0 Å². The molecule has 0 amide bonds. The summed E-state index contributed by atoms with van der Waals surface area (Å²) in [5, 5.41) is 10.8. The molecule has 1 aromatic rings. The van der Waals surface area contributed by atoms with Gasteiger partial charge < -0.3 is 5.73 Å². The third-order valence-corrected chi connectivity index (χ3v) is 2.98. The van der Waals surface area contributed by atoms with Gasteiger partial charge in [-0.2, -0.15) is 0 Å². The van der Waals surface area contributed by atoms with Crippen LogP contribution in [-0.2, 0) is 6.42 Å². The van der Waals surface area contributed by atoms with Gasteiger partial charge in [-0.05, 0) is 37.0 Å². The minimum absolute atomic E-state index is 0.0288. The highest BCUT2D eigenvalue weighted by molar-refractivity contribution is 5.61. The van der Waals surface area contributed by atoms with Gasteiger partial charge in [0, 0.05) is 6.07 Å². The van der Waals surface area contributed by atoms with E-state index in [0.717, 1.165) is 24.0 Å². The van der Waals surface area contributed by atoms with E-state index in [-0.39, 0.29) is 11.4 Å². The van der Waals surface area contributed by atoms with E-state index in [2.05, 4.69) is 6.92 Å². The van der Waals surface area contributed by atoms with Crippen molar-refractivity contribution in [1.29, 1.82) is 0 Å². The van der Waals surface area contributed by atoms with Crippen LogP contribution in [0.25, 0.3) is 0 Å². The van der Waals surface area contributed by atoms with Crippen LogP contribution in [0.1, 0.15) is 43.7 Å². The second-order valence-electron chi connectivity index (χ2n) is 4.41. The first-order valence-corrected chi connectivity index (χ1v) is 6.09. The fourth-order valence-corrected chi connectivity index (χ4v) is 1.93. The number of hydrogen-bond donors (Lipinski definition) is 1. The normalized spacial score (nSPS) is 10.5. The molecule has 94 valence electrons. The van der Waals surface area contributed by atoms with Gasteiger partial charge in [-0.1, -0.05) is 26.2 Å². The summed E-state index contributed by atoms with van der Waals surface area (Å²) in [4.78, 5) is 10.4. The van der Waals surface area contributed by atoms with Gasteiger partial charge in [-0.15, -0.1) is 0 Å². The van der Waals surface area contributed by atoms with Crippen molar-refractivity contribution in [3.63, 3.8) is 0 Å². The molecule has 0 bridgehead atoms. The fraction of sp³-hybridized carbons (Fsp3) is 0.538. The molecule has 0 aliphatic carbocycles. The lowest BCUT2D eigenvalue weighted by molar-refractivity contribution is -0.384. The quantitative estimate of drug-likeness (QED) is 0.355. The highest BCUT2D eigenvalue weighted by atomic mass is 16.6. The van der Waals surface area contributed by atoms with E-state index in [1.165, 1.54) is 19.3 Å². The van der Waals surface area contributed by atoms with Crippen LogP contribution in [0, 0.1) is 17.0 Å². The third kappa shape index (κ3) is 3.73. The maximum absolute atomic E-state index is 10.8. The maximum Gasteiger partial charge on any atom is 0.292 e. The highest BCUT2D eigenvalue weighted by Gasteiger charge is 2.13. The number of aryl methyl sites for hydroxylation is 2. The van der Waals surface area contributed by atoms with Crippen LogP contribution in [0.4, 0.5) is 11.4 Å². The number of unbranched alkanes of at least 4 members (excludes halogenated alkanes) is 3. The molecule has 17 heavy (non-hydrogen) atoms. The Bertz CT molecular complexity index is 403. The summed E-state index contributed by atoms with van der Waals surface area (Å²) in [5.74, 6) is 0. The summed E-state index contributed by atoms with van der Waals surface area (Å²) in [6.45, 7) is 4.12. The standard InChI is InChI=1S/C13H20N2O2/c1-3-4-5-6-7-11-9-13(15(16)17)12(14)8-10(11)2/h8-9H,3-7,14H2,1-2H3. The Morgan fingerprint density at radius 2 is 2.00 bits per heavy atom. The molecule has 0 unspecified atom stereocenters. The largest absolute Gasteiger partial charge is 0.393 e. The number of rotatable bonds is 6. The van der Waals surface area contributed by atoms with Crippen molar-refractivity contribution in [2.75, 3.05) is 5.73 Å². The Morgan fingerprint density at radius 1 is 1.29 bits per heavy atom. The topological polar surface area (TPSA) is 69.2 Å². The van der Waals surface area contributed by atoms with Crippen molar-refractivity contribution in [3.8, 4) is 0 Å². The Kier molecular flexibility index (Phi) is 4.94. The lowest BCUT2D eigenvalue weighted by Gasteiger charge is -2.07. The molecule has 1 rings (SSSR count). The van der Waals surface area contributed by atoms with Crippen molar-refractivity contribution in [3.05, 3.63) is 33.4 Å². The van der Waals surface area contributed by atoms with Gasteiger partial charge in [0.1, 0.15) is 5.69 Å². The average molecular weight is 236 g/mol. The summed E-state index contributed by atoms with van der Waals surface area (Å²) in [6, 6.07) is 3.32. The average Bonchev–Trinajstić information content (AvgIpc) is 2.26. The summed E-state index contributed by atoms with van der Waals surface area (Å²) in [6.07, 6.45) is 5.56. The first-order valence-electron chi connectivity index (χ1n) is 6.09. The van der Waals surface area contributed by atoms with Gasteiger partial charge in [-0.3, -0.25) is 10.1 Å². The van der Waals surface area contributed by atoms with Gasteiger partial charge in [0.25, 0.3) is 5.69 Å². The maximum atomic E-state index is 10.8. The summed E-state index contributed by atoms with van der Waals surface area (Å²) in [5.41, 5.74) is 8.00. The molecule has 0 saturated carbocycles. The lowest BCUT2D eigenvalue weighted by Crippen LogP contribution is -1.99. The minimum Gasteiger partial charge on any atom is -0.393 e. The van der Waals surface area contributed by atoms with Crippen LogP contribution in [0.5, 0.6) is 0 Å². The Morgan fingerprint density at radius 3 is 2.59 bits per heavy atom. The second-order valence-corrected chi connectivity index (χ2v) is 4.41. The Balaban J connectivity index is 2.77. The van der Waals surface area contributed by atoms with Gasteiger partial charge in [0.15, 0.2) is 0 Å². The van der Waals surface area contributed by atoms with E-state index in [9.17, 15) is 10.1 Å². The summed E-state index contributed by atoms with van der Waals surface area (Å²) >= 11 is 0. The molecule has 4 heteroatoms. The van der Waals surface area contributed by atoms with Crippen LogP contribution in [0.3, 0.4) is 0 Å². The van der Waals surface area contributed by atoms with Crippen molar-refractivity contribution in [1.82, 2.24) is 0 Å².